The summed E-state index contributed by atoms with van der Waals surface area (Å²) in [6, 6.07) is 17.8. The monoisotopic (exact) mass is 253 g/mol. The fourth-order valence-corrected chi connectivity index (χ4v) is 1.83. The minimum atomic E-state index is 0.597. The molecular weight excluding hydrogens is 234 g/mol. The highest BCUT2D eigenvalue weighted by molar-refractivity contribution is 5.55. The first-order valence-corrected chi connectivity index (χ1v) is 6.54. The van der Waals surface area contributed by atoms with Crippen molar-refractivity contribution in [2.24, 2.45) is 5.73 Å². The molecule has 0 saturated carbocycles. The van der Waals surface area contributed by atoms with E-state index in [2.05, 4.69) is 19.1 Å². The second kappa shape index (κ2) is 6.76. The van der Waals surface area contributed by atoms with Crippen molar-refractivity contribution in [3.8, 4) is 11.5 Å². The van der Waals surface area contributed by atoms with E-state index in [4.69, 9.17) is 10.5 Å². The normalized spacial score (nSPS) is 11.4. The molecule has 0 aromatic heterocycles. The molecule has 2 N–H and O–H groups in total. The van der Waals surface area contributed by atoms with Crippen molar-refractivity contribution >= 4 is 6.08 Å². The molecule has 0 amide bonds. The smallest absolute Gasteiger partial charge is 0.128 e. The molecule has 0 radical (unpaired) electrons. The second-order valence-corrected chi connectivity index (χ2v) is 4.35. The zero-order valence-corrected chi connectivity index (χ0v) is 11.2. The number of hydrogen-bond donors (Lipinski definition) is 1. The van der Waals surface area contributed by atoms with Crippen LogP contribution >= 0.6 is 0 Å². The molecule has 98 valence electrons. The lowest BCUT2D eigenvalue weighted by molar-refractivity contribution is 0.482. The molecule has 2 rings (SSSR count). The van der Waals surface area contributed by atoms with Gasteiger partial charge < -0.3 is 10.5 Å². The summed E-state index contributed by atoms with van der Waals surface area (Å²) >= 11 is 0. The standard InChI is InChI=1S/C17H19NO/c1-2-14(13-18)11-15-7-6-10-17(12-15)19-16-8-4-3-5-9-16/h3-12H,2,13,18H2,1H3. The van der Waals surface area contributed by atoms with Crippen molar-refractivity contribution in [1.29, 1.82) is 0 Å². The fraction of sp³-hybridized carbons (Fsp3) is 0.176. The van der Waals surface area contributed by atoms with Crippen LogP contribution in [-0.4, -0.2) is 6.54 Å². The lowest BCUT2D eigenvalue weighted by Gasteiger charge is -2.07. The van der Waals surface area contributed by atoms with E-state index < -0.39 is 0 Å². The first kappa shape index (κ1) is 13.4. The van der Waals surface area contributed by atoms with Gasteiger partial charge >= 0.3 is 0 Å². The van der Waals surface area contributed by atoms with Crippen LogP contribution in [0.1, 0.15) is 18.9 Å². The lowest BCUT2D eigenvalue weighted by atomic mass is 10.1. The topological polar surface area (TPSA) is 35.2 Å². The van der Waals surface area contributed by atoms with Crippen molar-refractivity contribution in [2.75, 3.05) is 6.54 Å². The van der Waals surface area contributed by atoms with Crippen molar-refractivity contribution in [1.82, 2.24) is 0 Å². The molecule has 0 aliphatic rings. The Morgan fingerprint density at radius 1 is 1.05 bits per heavy atom. The molecule has 2 aromatic carbocycles. The molecule has 0 fully saturated rings. The van der Waals surface area contributed by atoms with E-state index in [0.717, 1.165) is 23.5 Å². The van der Waals surface area contributed by atoms with Gasteiger partial charge in [0.1, 0.15) is 11.5 Å². The van der Waals surface area contributed by atoms with Crippen molar-refractivity contribution < 1.29 is 4.74 Å². The van der Waals surface area contributed by atoms with Crippen LogP contribution in [-0.2, 0) is 0 Å². The van der Waals surface area contributed by atoms with Gasteiger partial charge in [-0.15, -0.1) is 0 Å². The Balaban J connectivity index is 2.18. The van der Waals surface area contributed by atoms with Gasteiger partial charge in [0.05, 0.1) is 0 Å². The maximum absolute atomic E-state index is 5.81. The third kappa shape index (κ3) is 3.97. The molecule has 0 aliphatic heterocycles. The van der Waals surface area contributed by atoms with Gasteiger partial charge in [0.2, 0.25) is 0 Å². The number of para-hydroxylation sites is 1. The van der Waals surface area contributed by atoms with Crippen LogP contribution in [0, 0.1) is 0 Å². The van der Waals surface area contributed by atoms with E-state index in [1.165, 1.54) is 5.57 Å². The summed E-state index contributed by atoms with van der Waals surface area (Å²) in [5.74, 6) is 1.69. The Morgan fingerprint density at radius 3 is 2.47 bits per heavy atom. The van der Waals surface area contributed by atoms with Crippen LogP contribution in [0.15, 0.2) is 60.2 Å². The molecule has 0 saturated heterocycles. The highest BCUT2D eigenvalue weighted by atomic mass is 16.5. The van der Waals surface area contributed by atoms with Gasteiger partial charge in [-0.1, -0.05) is 48.9 Å². The van der Waals surface area contributed by atoms with Crippen molar-refractivity contribution in [2.45, 2.75) is 13.3 Å². The lowest BCUT2D eigenvalue weighted by Crippen LogP contribution is -2.01. The first-order chi connectivity index (χ1) is 9.31. The third-order valence-electron chi connectivity index (χ3n) is 2.92. The number of ether oxygens (including phenoxy) is 1. The van der Waals surface area contributed by atoms with Crippen molar-refractivity contribution in [3.63, 3.8) is 0 Å². The van der Waals surface area contributed by atoms with E-state index in [-0.39, 0.29) is 0 Å². The molecular formula is C17H19NO. The molecule has 0 aliphatic carbocycles. The summed E-state index contributed by atoms with van der Waals surface area (Å²) in [6.07, 6.45) is 3.10. The average molecular weight is 253 g/mol. The maximum atomic E-state index is 5.81. The molecule has 0 heterocycles. The van der Waals surface area contributed by atoms with Gasteiger partial charge in [-0.05, 0) is 36.2 Å². The number of hydrogen-bond acceptors (Lipinski definition) is 2. The van der Waals surface area contributed by atoms with Crippen LogP contribution in [0.25, 0.3) is 6.08 Å². The van der Waals surface area contributed by atoms with Crippen LogP contribution in [0.5, 0.6) is 11.5 Å². The molecule has 0 spiro atoms. The van der Waals surface area contributed by atoms with Gasteiger partial charge in [-0.25, -0.2) is 0 Å². The summed E-state index contributed by atoms with van der Waals surface area (Å²) < 4.78 is 5.81. The second-order valence-electron chi connectivity index (χ2n) is 4.35. The van der Waals surface area contributed by atoms with E-state index in [9.17, 15) is 0 Å². The Labute approximate surface area is 114 Å². The van der Waals surface area contributed by atoms with Gasteiger partial charge in [0.25, 0.3) is 0 Å². The Bertz CT molecular complexity index is 540. The summed E-state index contributed by atoms with van der Waals surface area (Å²) in [7, 11) is 0. The maximum Gasteiger partial charge on any atom is 0.128 e. The number of nitrogens with two attached hydrogens (primary N) is 1. The van der Waals surface area contributed by atoms with Gasteiger partial charge in [0.15, 0.2) is 0 Å². The molecule has 2 nitrogen and oxygen atoms in total. The van der Waals surface area contributed by atoms with E-state index in [0.29, 0.717) is 6.54 Å². The minimum Gasteiger partial charge on any atom is -0.457 e. The van der Waals surface area contributed by atoms with Crippen LogP contribution in [0.4, 0.5) is 0 Å². The summed E-state index contributed by atoms with van der Waals surface area (Å²) in [5, 5.41) is 0. The number of rotatable bonds is 5. The quantitative estimate of drug-likeness (QED) is 0.865. The average Bonchev–Trinajstić information content (AvgIpc) is 2.46. The molecule has 19 heavy (non-hydrogen) atoms. The first-order valence-electron chi connectivity index (χ1n) is 6.54. The zero-order chi connectivity index (χ0) is 13.5. The Hall–Kier alpha value is -2.06. The Morgan fingerprint density at radius 2 is 1.79 bits per heavy atom. The molecule has 0 atom stereocenters. The molecule has 0 bridgehead atoms. The van der Waals surface area contributed by atoms with Crippen LogP contribution < -0.4 is 10.5 Å². The highest BCUT2D eigenvalue weighted by Gasteiger charge is 1.98. The van der Waals surface area contributed by atoms with Crippen LogP contribution in [0.2, 0.25) is 0 Å². The Kier molecular flexibility index (Phi) is 4.76. The zero-order valence-electron chi connectivity index (χ0n) is 11.2. The van der Waals surface area contributed by atoms with Crippen molar-refractivity contribution in [3.05, 3.63) is 65.7 Å². The van der Waals surface area contributed by atoms with E-state index in [1.54, 1.807) is 0 Å². The summed E-state index contributed by atoms with van der Waals surface area (Å²) in [4.78, 5) is 0. The SMILES string of the molecule is CCC(=Cc1cccc(Oc2ccccc2)c1)CN. The van der Waals surface area contributed by atoms with Gasteiger partial charge in [-0.3, -0.25) is 0 Å². The fourth-order valence-electron chi connectivity index (χ4n) is 1.83. The molecule has 2 aromatic rings. The largest absolute Gasteiger partial charge is 0.457 e. The molecule has 2 heteroatoms. The summed E-state index contributed by atoms with van der Waals surface area (Å²) in [5.41, 5.74) is 8.05. The van der Waals surface area contributed by atoms with E-state index >= 15 is 0 Å². The predicted molar refractivity (Wildman–Crippen MR) is 80.3 cm³/mol. The summed E-state index contributed by atoms with van der Waals surface area (Å²) in [6.45, 7) is 2.71. The predicted octanol–water partition coefficient (Wildman–Crippen LogP) is 4.23. The minimum absolute atomic E-state index is 0.597. The number of benzene rings is 2. The van der Waals surface area contributed by atoms with Crippen LogP contribution in [0.3, 0.4) is 0 Å². The van der Waals surface area contributed by atoms with Gasteiger partial charge in [-0.2, -0.15) is 0 Å². The van der Waals surface area contributed by atoms with Gasteiger partial charge in [0, 0.05) is 6.54 Å². The van der Waals surface area contributed by atoms with E-state index in [1.807, 2.05) is 48.5 Å². The molecule has 0 unspecified atom stereocenters. The highest BCUT2D eigenvalue weighted by Crippen LogP contribution is 2.22. The third-order valence-corrected chi connectivity index (χ3v) is 2.92.